The normalized spacial score (nSPS) is 18.2. The highest BCUT2D eigenvalue weighted by atomic mass is 35.5. The van der Waals surface area contributed by atoms with Crippen LogP contribution in [0, 0.1) is 0 Å². The zero-order valence-corrected chi connectivity index (χ0v) is 19.3. The van der Waals surface area contributed by atoms with Crippen molar-refractivity contribution in [1.29, 1.82) is 0 Å². The van der Waals surface area contributed by atoms with E-state index in [0.29, 0.717) is 11.0 Å². The van der Waals surface area contributed by atoms with Crippen LogP contribution in [0.3, 0.4) is 0 Å². The third-order valence-corrected chi connectivity index (χ3v) is 6.46. The van der Waals surface area contributed by atoms with Crippen LogP contribution in [0.1, 0.15) is 28.8 Å². The molecule has 170 valence electrons. The van der Waals surface area contributed by atoms with Gasteiger partial charge in [0, 0.05) is 21.7 Å². The molecule has 0 saturated heterocycles. The third kappa shape index (κ3) is 3.20. The summed E-state index contributed by atoms with van der Waals surface area (Å²) in [5.74, 6) is 2.90. The van der Waals surface area contributed by atoms with E-state index in [2.05, 4.69) is 15.4 Å². The molecule has 6 rings (SSSR count). The molecule has 34 heavy (non-hydrogen) atoms. The van der Waals surface area contributed by atoms with Gasteiger partial charge < -0.3 is 19.5 Å². The number of fused-ring (bicyclic) bond motifs is 3. The lowest BCUT2D eigenvalue weighted by Gasteiger charge is -2.39. The summed E-state index contributed by atoms with van der Waals surface area (Å²) in [7, 11) is 3.32. The van der Waals surface area contributed by atoms with Crippen molar-refractivity contribution < 1.29 is 14.2 Å². The number of anilines is 1. The number of nitrogens with zero attached hydrogens (tertiary/aromatic N) is 3. The first kappa shape index (κ1) is 20.6. The Hall–Kier alpha value is -3.97. The van der Waals surface area contributed by atoms with E-state index < -0.39 is 6.10 Å². The molecule has 3 aromatic carbocycles. The lowest BCUT2D eigenvalue weighted by Crippen LogP contribution is -2.32. The maximum atomic E-state index is 6.65. The van der Waals surface area contributed by atoms with Crippen molar-refractivity contribution in [3.63, 3.8) is 0 Å². The third-order valence-electron chi connectivity index (χ3n) is 6.23. The first-order chi connectivity index (χ1) is 16.7. The molecule has 0 amide bonds. The molecular weight excluding hydrogens is 452 g/mol. The van der Waals surface area contributed by atoms with E-state index in [-0.39, 0.29) is 6.04 Å². The summed E-state index contributed by atoms with van der Waals surface area (Å²) in [5, 5.41) is 8.67. The molecule has 1 aromatic heterocycles. The van der Waals surface area contributed by atoms with Crippen molar-refractivity contribution in [3.05, 3.63) is 100 Å². The Balaban J connectivity index is 1.63. The molecule has 0 saturated carbocycles. The molecule has 0 radical (unpaired) electrons. The van der Waals surface area contributed by atoms with Crippen LogP contribution in [0.15, 0.2) is 78.6 Å². The average molecular weight is 473 g/mol. The second-order valence-corrected chi connectivity index (χ2v) is 8.48. The molecule has 0 aliphatic carbocycles. The minimum atomic E-state index is -0.434. The van der Waals surface area contributed by atoms with Gasteiger partial charge >= 0.3 is 0 Å². The summed E-state index contributed by atoms with van der Waals surface area (Å²) >= 11 is 6.40. The first-order valence-corrected chi connectivity index (χ1v) is 11.2. The number of halogens is 1. The van der Waals surface area contributed by atoms with Crippen molar-refractivity contribution >= 4 is 23.2 Å². The number of hydrogen-bond acceptors (Lipinski definition) is 6. The van der Waals surface area contributed by atoms with Crippen LogP contribution >= 0.6 is 11.6 Å². The Bertz CT molecular complexity index is 1410. The Morgan fingerprint density at radius 3 is 2.62 bits per heavy atom. The highest BCUT2D eigenvalue weighted by Gasteiger charge is 2.41. The molecule has 0 unspecified atom stereocenters. The first-order valence-electron chi connectivity index (χ1n) is 10.8. The molecule has 2 aliphatic rings. The van der Waals surface area contributed by atoms with Crippen molar-refractivity contribution in [1.82, 2.24) is 14.8 Å². The predicted octanol–water partition coefficient (Wildman–Crippen LogP) is 5.51. The maximum Gasteiger partial charge on any atom is 0.226 e. The SMILES string of the molecule is COc1ccc([C@@H]2C3=C(Nc4ncnn42)c2cc(Cl)ccc2O[C@@H]3c2ccccc2OC)cc1. The minimum absolute atomic E-state index is 0.276. The van der Waals surface area contributed by atoms with Gasteiger partial charge in [-0.15, -0.1) is 0 Å². The van der Waals surface area contributed by atoms with Gasteiger partial charge in [-0.25, -0.2) is 4.68 Å². The molecule has 2 aliphatic heterocycles. The molecule has 0 bridgehead atoms. The Morgan fingerprint density at radius 2 is 1.82 bits per heavy atom. The summed E-state index contributed by atoms with van der Waals surface area (Å²) in [4.78, 5) is 4.47. The second-order valence-electron chi connectivity index (χ2n) is 8.04. The monoisotopic (exact) mass is 472 g/mol. The number of benzene rings is 3. The fraction of sp³-hybridized carbons (Fsp3) is 0.154. The average Bonchev–Trinajstić information content (AvgIpc) is 3.35. The van der Waals surface area contributed by atoms with Gasteiger partial charge in [-0.05, 0) is 42.0 Å². The van der Waals surface area contributed by atoms with E-state index >= 15 is 0 Å². The molecule has 8 heteroatoms. The molecule has 0 fully saturated rings. The zero-order valence-electron chi connectivity index (χ0n) is 18.5. The lowest BCUT2D eigenvalue weighted by molar-refractivity contribution is 0.217. The summed E-state index contributed by atoms with van der Waals surface area (Å²) in [6.45, 7) is 0. The van der Waals surface area contributed by atoms with Gasteiger partial charge in [0.25, 0.3) is 0 Å². The van der Waals surface area contributed by atoms with E-state index in [1.807, 2.05) is 71.4 Å². The quantitative estimate of drug-likeness (QED) is 0.422. The molecule has 3 heterocycles. The Morgan fingerprint density at radius 1 is 1.00 bits per heavy atom. The van der Waals surface area contributed by atoms with Gasteiger partial charge in [0.1, 0.15) is 29.6 Å². The largest absolute Gasteiger partial charge is 0.497 e. The zero-order chi connectivity index (χ0) is 23.2. The molecule has 7 nitrogen and oxygen atoms in total. The van der Waals surface area contributed by atoms with Crippen LogP contribution in [0.5, 0.6) is 17.2 Å². The van der Waals surface area contributed by atoms with Gasteiger partial charge in [0.15, 0.2) is 6.10 Å². The van der Waals surface area contributed by atoms with Crippen LogP contribution in [-0.2, 0) is 0 Å². The standard InChI is InChI=1S/C26H21ClN4O3/c1-32-17-10-7-15(8-11-17)24-22-23(30-26-28-14-29-31(24)26)19-13-16(27)9-12-21(19)34-25(22)18-5-3-4-6-20(18)33-2/h3-14,24-25H,1-2H3,(H,28,29,30)/t24-,25-/m1/s1. The number of nitrogens with one attached hydrogen (secondary N) is 1. The van der Waals surface area contributed by atoms with E-state index in [4.69, 9.17) is 25.8 Å². The van der Waals surface area contributed by atoms with Gasteiger partial charge in [-0.2, -0.15) is 10.1 Å². The number of aromatic nitrogens is 3. The summed E-state index contributed by atoms with van der Waals surface area (Å²) in [5.41, 5.74) is 4.71. The Kier molecular flexibility index (Phi) is 4.92. The summed E-state index contributed by atoms with van der Waals surface area (Å²) in [6.07, 6.45) is 1.12. The molecule has 2 atom stereocenters. The fourth-order valence-electron chi connectivity index (χ4n) is 4.69. The van der Waals surface area contributed by atoms with Gasteiger partial charge in [0.2, 0.25) is 5.95 Å². The summed E-state index contributed by atoms with van der Waals surface area (Å²) < 4.78 is 19.6. The van der Waals surface area contributed by atoms with Crippen LogP contribution in [0.25, 0.3) is 5.70 Å². The Labute approximate surface area is 201 Å². The van der Waals surface area contributed by atoms with E-state index in [1.54, 1.807) is 20.5 Å². The molecule has 4 aromatic rings. The smallest absolute Gasteiger partial charge is 0.226 e. The number of hydrogen-bond donors (Lipinski definition) is 1. The summed E-state index contributed by atoms with van der Waals surface area (Å²) in [6, 6.07) is 21.2. The number of para-hydroxylation sites is 1. The number of ether oxygens (including phenoxy) is 3. The lowest BCUT2D eigenvalue weighted by atomic mass is 9.84. The van der Waals surface area contributed by atoms with Crippen LogP contribution in [-0.4, -0.2) is 29.0 Å². The van der Waals surface area contributed by atoms with Crippen LogP contribution in [0.2, 0.25) is 5.02 Å². The molecular formula is C26H21ClN4O3. The fourth-order valence-corrected chi connectivity index (χ4v) is 4.86. The topological polar surface area (TPSA) is 70.4 Å². The van der Waals surface area contributed by atoms with Gasteiger partial charge in [-0.3, -0.25) is 0 Å². The van der Waals surface area contributed by atoms with Crippen LogP contribution in [0.4, 0.5) is 5.95 Å². The van der Waals surface area contributed by atoms with Crippen LogP contribution < -0.4 is 19.5 Å². The van der Waals surface area contributed by atoms with E-state index in [1.165, 1.54) is 0 Å². The maximum absolute atomic E-state index is 6.65. The van der Waals surface area contributed by atoms with Gasteiger partial charge in [0.05, 0.1) is 19.9 Å². The molecule has 1 N–H and O–H groups in total. The van der Waals surface area contributed by atoms with Gasteiger partial charge in [-0.1, -0.05) is 41.9 Å². The number of rotatable bonds is 4. The highest BCUT2D eigenvalue weighted by Crippen LogP contribution is 2.52. The number of methoxy groups -OCH3 is 2. The second kappa shape index (κ2) is 8.11. The highest BCUT2D eigenvalue weighted by molar-refractivity contribution is 6.30. The van der Waals surface area contributed by atoms with Crippen molar-refractivity contribution in [3.8, 4) is 17.2 Å². The van der Waals surface area contributed by atoms with Crippen molar-refractivity contribution in [2.45, 2.75) is 12.1 Å². The predicted molar refractivity (Wildman–Crippen MR) is 130 cm³/mol. The van der Waals surface area contributed by atoms with Crippen molar-refractivity contribution in [2.24, 2.45) is 0 Å². The van der Waals surface area contributed by atoms with E-state index in [9.17, 15) is 0 Å². The molecule has 0 spiro atoms. The van der Waals surface area contributed by atoms with E-state index in [0.717, 1.165) is 45.2 Å². The minimum Gasteiger partial charge on any atom is -0.497 e. The van der Waals surface area contributed by atoms with Crippen molar-refractivity contribution in [2.75, 3.05) is 19.5 Å².